The smallest absolute Gasteiger partial charge is 0.287 e. The van der Waals surface area contributed by atoms with Gasteiger partial charge in [-0.3, -0.25) is 14.8 Å². The van der Waals surface area contributed by atoms with E-state index < -0.39 is 10.1 Å². The number of anilines is 1. The van der Waals surface area contributed by atoms with Crippen molar-refractivity contribution in [1.82, 2.24) is 0 Å². The first-order chi connectivity index (χ1) is 10.9. The highest BCUT2D eigenvalue weighted by molar-refractivity contribution is 7.85. The lowest BCUT2D eigenvalue weighted by atomic mass is 9.95. The van der Waals surface area contributed by atoms with Gasteiger partial charge in [-0.15, -0.1) is 0 Å². The molecular weight excluding hydrogens is 316 g/mol. The zero-order valence-electron chi connectivity index (χ0n) is 11.8. The van der Waals surface area contributed by atoms with E-state index in [1.165, 1.54) is 30.3 Å². The monoisotopic (exact) mass is 328 g/mol. The second-order valence-electron chi connectivity index (χ2n) is 4.86. The number of nitrogens with one attached hydrogen (secondary N) is 1. The average Bonchev–Trinajstić information content (AvgIpc) is 2.53. The van der Waals surface area contributed by atoms with E-state index in [1.54, 1.807) is 12.1 Å². The number of carbonyl (C=O) groups excluding carboxylic acids is 1. The molecular formula is C16H12N2O4S. The first kappa shape index (κ1) is 15.1. The summed E-state index contributed by atoms with van der Waals surface area (Å²) in [5, 5.41) is 4.12. The summed E-state index contributed by atoms with van der Waals surface area (Å²) in [6.07, 6.45) is 3.18. The lowest BCUT2D eigenvalue weighted by molar-refractivity contribution is -0.108. The number of allylic oxidation sites excluding steroid dienone is 1. The third kappa shape index (κ3) is 3.20. The highest BCUT2D eigenvalue weighted by Crippen LogP contribution is 2.19. The molecule has 1 aliphatic rings. The van der Waals surface area contributed by atoms with Crippen molar-refractivity contribution in [3.63, 3.8) is 0 Å². The summed E-state index contributed by atoms with van der Waals surface area (Å²) in [5.41, 5.74) is 5.11. The van der Waals surface area contributed by atoms with Crippen LogP contribution in [0, 0.1) is 0 Å². The van der Waals surface area contributed by atoms with Crippen molar-refractivity contribution in [1.29, 1.82) is 0 Å². The van der Waals surface area contributed by atoms with Crippen LogP contribution in [0.3, 0.4) is 0 Å². The summed E-state index contributed by atoms with van der Waals surface area (Å²) in [7, 11) is -4.23. The quantitative estimate of drug-likeness (QED) is 0.666. The maximum Gasteiger partial charge on any atom is 0.294 e. The zero-order valence-corrected chi connectivity index (χ0v) is 12.6. The number of rotatable bonds is 3. The molecule has 3 rings (SSSR count). The summed E-state index contributed by atoms with van der Waals surface area (Å²) < 4.78 is 30.9. The van der Waals surface area contributed by atoms with Gasteiger partial charge >= 0.3 is 0 Å². The van der Waals surface area contributed by atoms with E-state index in [2.05, 4.69) is 10.5 Å². The van der Waals surface area contributed by atoms with Crippen LogP contribution in [0.15, 0.2) is 64.6 Å². The molecule has 7 heteroatoms. The molecule has 0 saturated carbocycles. The molecule has 0 heterocycles. The maximum atomic E-state index is 12.0. The minimum Gasteiger partial charge on any atom is -0.287 e. The van der Waals surface area contributed by atoms with E-state index in [0.717, 1.165) is 11.1 Å². The number of carbonyl (C=O) groups is 1. The molecule has 6 nitrogen and oxygen atoms in total. The Hall–Kier alpha value is -2.77. The van der Waals surface area contributed by atoms with E-state index >= 15 is 0 Å². The molecule has 116 valence electrons. The Morgan fingerprint density at radius 1 is 0.957 bits per heavy atom. The lowest BCUT2D eigenvalue weighted by Crippen LogP contribution is -2.19. The van der Waals surface area contributed by atoms with Crippen molar-refractivity contribution in [3.05, 3.63) is 65.7 Å². The van der Waals surface area contributed by atoms with Gasteiger partial charge in [0.05, 0.1) is 10.6 Å². The van der Waals surface area contributed by atoms with Gasteiger partial charge in [0.1, 0.15) is 5.71 Å². The molecule has 0 bridgehead atoms. The predicted molar refractivity (Wildman–Crippen MR) is 86.9 cm³/mol. The van der Waals surface area contributed by atoms with Gasteiger partial charge in [-0.1, -0.05) is 30.3 Å². The van der Waals surface area contributed by atoms with Crippen molar-refractivity contribution in [2.45, 2.75) is 4.90 Å². The van der Waals surface area contributed by atoms with E-state index in [4.69, 9.17) is 4.55 Å². The van der Waals surface area contributed by atoms with Crippen molar-refractivity contribution in [2.24, 2.45) is 5.10 Å². The number of hydrogen-bond donors (Lipinski definition) is 2. The Bertz CT molecular complexity index is 929. The van der Waals surface area contributed by atoms with Gasteiger partial charge in [0.15, 0.2) is 0 Å². The van der Waals surface area contributed by atoms with Gasteiger partial charge in [-0.2, -0.15) is 13.5 Å². The van der Waals surface area contributed by atoms with Crippen molar-refractivity contribution < 1.29 is 17.8 Å². The van der Waals surface area contributed by atoms with Crippen LogP contribution in [0.5, 0.6) is 0 Å². The summed E-state index contributed by atoms with van der Waals surface area (Å²) in [6.45, 7) is 0. The fourth-order valence-electron chi connectivity index (χ4n) is 2.17. The lowest BCUT2D eigenvalue weighted by Gasteiger charge is -2.12. The number of benzene rings is 2. The topological polar surface area (TPSA) is 95.8 Å². The number of nitrogens with zero attached hydrogens (tertiary/aromatic N) is 1. The molecule has 0 aliphatic heterocycles. The van der Waals surface area contributed by atoms with Crippen LogP contribution in [-0.2, 0) is 14.9 Å². The largest absolute Gasteiger partial charge is 0.294 e. The highest BCUT2D eigenvalue weighted by Gasteiger charge is 2.18. The molecule has 2 aromatic rings. The minimum atomic E-state index is -4.23. The van der Waals surface area contributed by atoms with E-state index in [-0.39, 0.29) is 16.4 Å². The first-order valence-electron chi connectivity index (χ1n) is 6.68. The number of hydrazone groups is 1. The van der Waals surface area contributed by atoms with Crippen LogP contribution in [-0.4, -0.2) is 24.5 Å². The molecule has 0 unspecified atom stereocenters. The average molecular weight is 328 g/mol. The van der Waals surface area contributed by atoms with Crippen molar-refractivity contribution >= 4 is 33.4 Å². The number of hydrogen-bond acceptors (Lipinski definition) is 5. The third-order valence-electron chi connectivity index (χ3n) is 3.31. The van der Waals surface area contributed by atoms with Crippen LogP contribution >= 0.6 is 0 Å². The van der Waals surface area contributed by atoms with Crippen molar-refractivity contribution in [3.8, 4) is 0 Å². The van der Waals surface area contributed by atoms with E-state index in [1.807, 2.05) is 18.2 Å². The predicted octanol–water partition coefficient (Wildman–Crippen LogP) is 2.35. The maximum absolute atomic E-state index is 12.0. The van der Waals surface area contributed by atoms with Gasteiger partial charge in [-0.25, -0.2) is 0 Å². The van der Waals surface area contributed by atoms with Gasteiger partial charge in [0, 0.05) is 5.56 Å². The molecule has 0 saturated heterocycles. The van der Waals surface area contributed by atoms with Crippen LogP contribution in [0.2, 0.25) is 0 Å². The number of fused-ring (bicyclic) bond motifs is 1. The normalized spacial score (nSPS) is 15.5. The standard InChI is InChI=1S/C16H12N2O4S/c19-15-10-5-11-3-1-2-4-14(11)16(15)18-17-12-6-8-13(9-7-12)23(20,21)22/h1-10,17H,(H,20,21,22)/b18-16+. The first-order valence-corrected chi connectivity index (χ1v) is 8.12. The Balaban J connectivity index is 1.88. The molecule has 2 aromatic carbocycles. The fourth-order valence-corrected chi connectivity index (χ4v) is 2.65. The molecule has 0 amide bonds. The van der Waals surface area contributed by atoms with Crippen LogP contribution < -0.4 is 5.43 Å². The van der Waals surface area contributed by atoms with Gasteiger partial charge in [0.25, 0.3) is 10.1 Å². The van der Waals surface area contributed by atoms with Crippen LogP contribution in [0.4, 0.5) is 5.69 Å². The highest BCUT2D eigenvalue weighted by atomic mass is 32.2. The molecule has 2 N–H and O–H groups in total. The molecule has 0 spiro atoms. The third-order valence-corrected chi connectivity index (χ3v) is 4.18. The Labute approximate surface area is 132 Å². The molecule has 0 radical (unpaired) electrons. The Morgan fingerprint density at radius 2 is 1.65 bits per heavy atom. The van der Waals surface area contributed by atoms with Crippen LogP contribution in [0.25, 0.3) is 6.08 Å². The summed E-state index contributed by atoms with van der Waals surface area (Å²) in [4.78, 5) is 11.8. The Kier molecular flexibility index (Phi) is 3.81. The van der Waals surface area contributed by atoms with Gasteiger partial charge < -0.3 is 0 Å². The molecule has 0 atom stereocenters. The SMILES string of the molecule is O=C1C=Cc2ccccc2/C1=N\Nc1ccc(S(=O)(=O)O)cc1. The Morgan fingerprint density at radius 3 is 2.35 bits per heavy atom. The molecule has 0 fully saturated rings. The zero-order chi connectivity index (χ0) is 16.4. The summed E-state index contributed by atoms with van der Waals surface area (Å²) >= 11 is 0. The summed E-state index contributed by atoms with van der Waals surface area (Å²) in [5.74, 6) is -0.217. The molecule has 0 aromatic heterocycles. The molecule has 23 heavy (non-hydrogen) atoms. The number of ketones is 1. The van der Waals surface area contributed by atoms with Crippen molar-refractivity contribution in [2.75, 3.05) is 5.43 Å². The van der Waals surface area contributed by atoms with Gasteiger partial charge in [0.2, 0.25) is 5.78 Å². The van der Waals surface area contributed by atoms with E-state index in [0.29, 0.717) is 5.69 Å². The second-order valence-corrected chi connectivity index (χ2v) is 6.28. The fraction of sp³-hybridized carbons (Fsp3) is 0. The van der Waals surface area contributed by atoms with Crippen LogP contribution in [0.1, 0.15) is 11.1 Å². The minimum absolute atomic E-state index is 0.210. The second kappa shape index (κ2) is 5.79. The van der Waals surface area contributed by atoms with Gasteiger partial charge in [-0.05, 0) is 35.9 Å². The summed E-state index contributed by atoms with van der Waals surface area (Å²) in [6, 6.07) is 12.8. The molecule has 1 aliphatic carbocycles. The van der Waals surface area contributed by atoms with E-state index in [9.17, 15) is 13.2 Å².